The van der Waals surface area contributed by atoms with E-state index in [1.165, 1.54) is 86.5 Å². The maximum Gasteiger partial charge on any atom is 0.0465 e. The Labute approximate surface area is 237 Å². The fourth-order valence-electron chi connectivity index (χ4n) is 5.95. The second-order valence-corrected chi connectivity index (χ2v) is 11.9. The molecule has 0 radical (unpaired) electrons. The number of aryl methyl sites for hydroxylation is 2. The summed E-state index contributed by atoms with van der Waals surface area (Å²) in [5.41, 5.74) is 12.5. The quantitative estimate of drug-likeness (QED) is 0.234. The van der Waals surface area contributed by atoms with E-state index >= 15 is 0 Å². The Morgan fingerprint density at radius 2 is 1.05 bits per heavy atom. The highest BCUT2D eigenvalue weighted by atomic mass is 32.1. The van der Waals surface area contributed by atoms with Crippen LogP contribution in [0.2, 0.25) is 0 Å². The van der Waals surface area contributed by atoms with E-state index in [0.29, 0.717) is 0 Å². The van der Waals surface area contributed by atoms with Gasteiger partial charge >= 0.3 is 0 Å². The van der Waals surface area contributed by atoms with Crippen LogP contribution in [0.15, 0.2) is 121 Å². The van der Waals surface area contributed by atoms with Gasteiger partial charge in [-0.05, 0) is 84.1 Å². The van der Waals surface area contributed by atoms with Crippen LogP contribution in [0.5, 0.6) is 0 Å². The van der Waals surface area contributed by atoms with E-state index in [2.05, 4.69) is 140 Å². The third-order valence-corrected chi connectivity index (χ3v) is 9.38. The van der Waals surface area contributed by atoms with Crippen molar-refractivity contribution < 1.29 is 0 Å². The van der Waals surface area contributed by atoms with Crippen molar-refractivity contribution in [3.05, 3.63) is 132 Å². The standard InChI is InChI=1S/C38H27NS/c1-23-7-11-25(12-8-23)27-16-18-37-33(19-27)34-22-29(26-13-9-24(2)10-14-26)21-31(38(34)40-37)28-15-17-36-32(20-28)30-5-3-4-6-35(30)39-36/h3-22,39H,1-2H3. The zero-order chi connectivity index (χ0) is 26.8. The molecule has 6 aromatic carbocycles. The first-order valence-electron chi connectivity index (χ1n) is 13.8. The number of benzene rings is 6. The molecular formula is C38H27NS. The first kappa shape index (κ1) is 23.2. The molecular weight excluding hydrogens is 502 g/mol. The van der Waals surface area contributed by atoms with E-state index in [9.17, 15) is 0 Å². The van der Waals surface area contributed by atoms with Crippen LogP contribution in [0.25, 0.3) is 75.4 Å². The number of thiophene rings is 1. The molecule has 1 nitrogen and oxygen atoms in total. The fourth-order valence-corrected chi connectivity index (χ4v) is 7.15. The molecule has 2 heterocycles. The smallest absolute Gasteiger partial charge is 0.0465 e. The zero-order valence-corrected chi connectivity index (χ0v) is 23.3. The molecule has 0 fully saturated rings. The van der Waals surface area contributed by atoms with Crippen molar-refractivity contribution in [2.75, 3.05) is 0 Å². The number of nitrogens with one attached hydrogen (secondary N) is 1. The highest BCUT2D eigenvalue weighted by Gasteiger charge is 2.16. The molecule has 8 rings (SSSR count). The van der Waals surface area contributed by atoms with Gasteiger partial charge in [-0.25, -0.2) is 0 Å². The third kappa shape index (κ3) is 3.76. The van der Waals surface area contributed by atoms with Crippen LogP contribution in [-0.4, -0.2) is 4.98 Å². The first-order valence-corrected chi connectivity index (χ1v) is 14.6. The molecule has 0 saturated carbocycles. The van der Waals surface area contributed by atoms with Gasteiger partial charge in [-0.2, -0.15) is 0 Å². The molecule has 0 atom stereocenters. The fraction of sp³-hybridized carbons (Fsp3) is 0.0526. The number of aromatic amines is 1. The Morgan fingerprint density at radius 3 is 1.82 bits per heavy atom. The lowest BCUT2D eigenvalue weighted by Gasteiger charge is -2.10. The van der Waals surface area contributed by atoms with Crippen LogP contribution in [0, 0.1) is 13.8 Å². The Bertz CT molecular complexity index is 2210. The number of rotatable bonds is 3. The number of H-pyrrole nitrogens is 1. The zero-order valence-electron chi connectivity index (χ0n) is 22.5. The van der Waals surface area contributed by atoms with Gasteiger partial charge in [0.25, 0.3) is 0 Å². The van der Waals surface area contributed by atoms with Gasteiger partial charge in [0, 0.05) is 47.5 Å². The lowest BCUT2D eigenvalue weighted by molar-refractivity contribution is 1.47. The largest absolute Gasteiger partial charge is 0.355 e. The van der Waals surface area contributed by atoms with Crippen molar-refractivity contribution in [2.45, 2.75) is 13.8 Å². The van der Waals surface area contributed by atoms with Crippen LogP contribution in [-0.2, 0) is 0 Å². The monoisotopic (exact) mass is 529 g/mol. The summed E-state index contributed by atoms with van der Waals surface area (Å²) in [6.07, 6.45) is 0. The molecule has 2 heteroatoms. The molecule has 40 heavy (non-hydrogen) atoms. The summed E-state index contributed by atoms with van der Waals surface area (Å²) in [5, 5.41) is 5.18. The molecule has 0 unspecified atom stereocenters. The molecule has 190 valence electrons. The van der Waals surface area contributed by atoms with Gasteiger partial charge in [-0.1, -0.05) is 90.0 Å². The molecule has 0 aliphatic carbocycles. The summed E-state index contributed by atoms with van der Waals surface area (Å²) in [4.78, 5) is 3.59. The van der Waals surface area contributed by atoms with Crippen molar-refractivity contribution in [3.63, 3.8) is 0 Å². The second-order valence-electron chi connectivity index (χ2n) is 10.9. The maximum atomic E-state index is 3.59. The van der Waals surface area contributed by atoms with Crippen LogP contribution < -0.4 is 0 Å². The van der Waals surface area contributed by atoms with Crippen LogP contribution in [0.1, 0.15) is 11.1 Å². The molecule has 2 aromatic heterocycles. The van der Waals surface area contributed by atoms with Gasteiger partial charge in [0.1, 0.15) is 0 Å². The summed E-state index contributed by atoms with van der Waals surface area (Å²) in [6.45, 7) is 4.29. The van der Waals surface area contributed by atoms with Crippen molar-refractivity contribution in [1.29, 1.82) is 0 Å². The van der Waals surface area contributed by atoms with Gasteiger partial charge in [-0.3, -0.25) is 0 Å². The lowest BCUT2D eigenvalue weighted by atomic mass is 9.94. The predicted octanol–water partition coefficient (Wildman–Crippen LogP) is 11.3. The molecule has 0 saturated heterocycles. The first-order chi connectivity index (χ1) is 19.6. The van der Waals surface area contributed by atoms with E-state index in [0.717, 1.165) is 0 Å². The van der Waals surface area contributed by atoms with E-state index < -0.39 is 0 Å². The highest BCUT2D eigenvalue weighted by Crippen LogP contribution is 2.44. The normalized spacial score (nSPS) is 11.8. The minimum Gasteiger partial charge on any atom is -0.355 e. The summed E-state index contributed by atoms with van der Waals surface area (Å²) in [6, 6.07) is 44.9. The van der Waals surface area contributed by atoms with E-state index in [-0.39, 0.29) is 0 Å². The van der Waals surface area contributed by atoms with Gasteiger partial charge in [-0.15, -0.1) is 11.3 Å². The molecule has 1 N–H and O–H groups in total. The average Bonchev–Trinajstić information content (AvgIpc) is 3.55. The van der Waals surface area contributed by atoms with E-state index in [1.54, 1.807) is 0 Å². The summed E-state index contributed by atoms with van der Waals surface area (Å²) in [7, 11) is 0. The molecule has 8 aromatic rings. The minimum absolute atomic E-state index is 1.18. The third-order valence-electron chi connectivity index (χ3n) is 8.16. The van der Waals surface area contributed by atoms with Gasteiger partial charge in [0.2, 0.25) is 0 Å². The summed E-state index contributed by atoms with van der Waals surface area (Å²) in [5.74, 6) is 0. The Kier molecular flexibility index (Phi) is 5.20. The molecule has 0 spiro atoms. The number of aromatic nitrogens is 1. The SMILES string of the molecule is Cc1ccc(-c2ccc3sc4c(-c5ccc6[nH]c7ccccc7c6c5)cc(-c5ccc(C)cc5)cc4c3c2)cc1. The topological polar surface area (TPSA) is 15.8 Å². The lowest BCUT2D eigenvalue weighted by Crippen LogP contribution is -1.84. The minimum atomic E-state index is 1.18. The van der Waals surface area contributed by atoms with Crippen LogP contribution in [0.3, 0.4) is 0 Å². The molecule has 0 amide bonds. The number of hydrogen-bond donors (Lipinski definition) is 1. The average molecular weight is 530 g/mol. The number of hydrogen-bond acceptors (Lipinski definition) is 1. The van der Waals surface area contributed by atoms with E-state index in [4.69, 9.17) is 0 Å². The van der Waals surface area contributed by atoms with Gasteiger partial charge in [0.05, 0.1) is 0 Å². The Morgan fingerprint density at radius 1 is 0.450 bits per heavy atom. The Hall–Kier alpha value is -4.66. The van der Waals surface area contributed by atoms with E-state index in [1.807, 2.05) is 11.3 Å². The van der Waals surface area contributed by atoms with Crippen LogP contribution >= 0.6 is 11.3 Å². The molecule has 0 aliphatic heterocycles. The van der Waals surface area contributed by atoms with Crippen molar-refractivity contribution >= 4 is 53.3 Å². The van der Waals surface area contributed by atoms with Crippen molar-refractivity contribution in [1.82, 2.24) is 4.98 Å². The van der Waals surface area contributed by atoms with Gasteiger partial charge < -0.3 is 4.98 Å². The summed E-state index contributed by atoms with van der Waals surface area (Å²) < 4.78 is 2.66. The number of fused-ring (bicyclic) bond motifs is 6. The molecule has 0 bridgehead atoms. The second kappa shape index (κ2) is 8.94. The highest BCUT2D eigenvalue weighted by molar-refractivity contribution is 7.26. The Balaban J connectivity index is 1.41. The predicted molar refractivity (Wildman–Crippen MR) is 174 cm³/mol. The number of para-hydroxylation sites is 1. The maximum absolute atomic E-state index is 3.59. The molecule has 0 aliphatic rings. The van der Waals surface area contributed by atoms with Crippen molar-refractivity contribution in [3.8, 4) is 33.4 Å². The van der Waals surface area contributed by atoms with Crippen molar-refractivity contribution in [2.24, 2.45) is 0 Å². The summed E-state index contributed by atoms with van der Waals surface area (Å²) >= 11 is 1.90. The van der Waals surface area contributed by atoms with Crippen LogP contribution in [0.4, 0.5) is 0 Å². The van der Waals surface area contributed by atoms with Gasteiger partial charge in [0.15, 0.2) is 0 Å².